The van der Waals surface area contributed by atoms with Gasteiger partial charge in [0.2, 0.25) is 0 Å². The van der Waals surface area contributed by atoms with Crippen LogP contribution in [-0.4, -0.2) is 6.15 Å². The molecule has 0 aliphatic heterocycles. The van der Waals surface area contributed by atoms with Crippen LogP contribution < -0.4 is 21.9 Å². The minimum atomic E-state index is -2.33. The first-order valence-corrected chi connectivity index (χ1v) is 26.8. The monoisotopic (exact) mass is 1880 g/mol. The summed E-state index contributed by atoms with van der Waals surface area (Å²) in [5.74, 6) is 0. The van der Waals surface area contributed by atoms with E-state index in [1.165, 1.54) is 0 Å². The molecule has 21 heteroatoms. The van der Waals surface area contributed by atoms with E-state index in [-0.39, 0.29) is 0 Å². The molecular formula is C24BBr20-. The summed E-state index contributed by atoms with van der Waals surface area (Å²) < 4.78 is 16.3. The van der Waals surface area contributed by atoms with Gasteiger partial charge >= 0.3 is 0 Å². The van der Waals surface area contributed by atoms with Gasteiger partial charge in [0.05, 0.1) is 0 Å². The zero-order chi connectivity index (χ0) is 34.4. The molecular weight excluding hydrogens is 1900 g/mol. The van der Waals surface area contributed by atoms with Crippen LogP contribution in [0.3, 0.4) is 0 Å². The van der Waals surface area contributed by atoms with Gasteiger partial charge in [0.15, 0.2) is 0 Å². The molecule has 240 valence electrons. The van der Waals surface area contributed by atoms with E-state index < -0.39 is 6.15 Å². The number of benzene rings is 4. The largest absolute Gasteiger partial charge is 0.165 e. The number of hydrogen-bond donors (Lipinski definition) is 0. The number of halogens is 20. The highest BCUT2D eigenvalue weighted by molar-refractivity contribution is 9.18. The molecule has 0 aliphatic rings. The van der Waals surface area contributed by atoms with Crippen molar-refractivity contribution in [3.05, 3.63) is 89.5 Å². The molecule has 0 N–H and O–H groups in total. The zero-order valence-electron chi connectivity index (χ0n) is 20.1. The minimum absolute atomic E-state index is 0.807. The Bertz CT molecular complexity index is 1570. The van der Waals surface area contributed by atoms with Crippen molar-refractivity contribution in [2.75, 3.05) is 0 Å². The molecule has 0 heterocycles. The first-order chi connectivity index (χ1) is 20.7. The highest BCUT2D eigenvalue weighted by Crippen LogP contribution is 2.50. The molecule has 0 nitrogen and oxygen atoms in total. The van der Waals surface area contributed by atoms with Crippen LogP contribution in [0.25, 0.3) is 0 Å². The second-order valence-corrected chi connectivity index (χ2v) is 24.7. The lowest BCUT2D eigenvalue weighted by atomic mass is 9.13. The SMILES string of the molecule is Brc1c(Br)c(Br)c([B-](c2c(Br)c(Br)c(Br)c(Br)c2Br)(c2c(Br)c(Br)c(Br)c(Br)c2Br)c2c(Br)c(Br)c(Br)c(Br)c2Br)c(Br)c1Br. The van der Waals surface area contributed by atoms with E-state index in [0.717, 1.165) is 111 Å². The van der Waals surface area contributed by atoms with Gasteiger partial charge in [-0.3, -0.25) is 0 Å². The Morgan fingerprint density at radius 1 is 0.156 bits per heavy atom. The van der Waals surface area contributed by atoms with E-state index >= 15 is 0 Å². The fraction of sp³-hybridized carbons (Fsp3) is 0. The molecule has 4 aromatic carbocycles. The molecule has 0 saturated heterocycles. The summed E-state index contributed by atoms with van der Waals surface area (Å²) in [6.07, 6.45) is -2.33. The summed E-state index contributed by atoms with van der Waals surface area (Å²) >= 11 is 78.4. The van der Waals surface area contributed by atoms with Crippen LogP contribution in [0.1, 0.15) is 0 Å². The quantitative estimate of drug-likeness (QED) is 0.109. The average Bonchev–Trinajstić information content (AvgIpc) is 3.00. The van der Waals surface area contributed by atoms with E-state index in [2.05, 4.69) is 319 Å². The molecule has 0 saturated carbocycles. The van der Waals surface area contributed by atoms with Crippen LogP contribution in [0.15, 0.2) is 89.5 Å². The van der Waals surface area contributed by atoms with Crippen molar-refractivity contribution < 1.29 is 0 Å². The maximum Gasteiger partial charge on any atom is 0.119 e. The lowest BCUT2D eigenvalue weighted by molar-refractivity contribution is 1.43. The summed E-state index contributed by atoms with van der Waals surface area (Å²) in [4.78, 5) is 0. The number of rotatable bonds is 4. The molecule has 0 bridgehead atoms. The first-order valence-electron chi connectivity index (χ1n) is 10.9. The summed E-state index contributed by atoms with van der Waals surface area (Å²) in [5.41, 5.74) is 3.63. The van der Waals surface area contributed by atoms with Crippen molar-refractivity contribution >= 4 is 347 Å². The van der Waals surface area contributed by atoms with Gasteiger partial charge in [-0.05, 0) is 227 Å². The second-order valence-electron chi connectivity index (χ2n) is 8.80. The molecule has 4 aromatic rings. The Labute approximate surface area is 427 Å². The smallest absolute Gasteiger partial charge is 0.119 e. The third kappa shape index (κ3) is 7.44. The Morgan fingerprint density at radius 2 is 0.244 bits per heavy atom. The summed E-state index contributed by atoms with van der Waals surface area (Å²) in [5, 5.41) is 0. The van der Waals surface area contributed by atoms with Crippen molar-refractivity contribution in [1.29, 1.82) is 0 Å². The maximum absolute atomic E-state index is 4.04. The van der Waals surface area contributed by atoms with Crippen LogP contribution in [0.4, 0.5) is 0 Å². The van der Waals surface area contributed by atoms with Crippen molar-refractivity contribution in [3.63, 3.8) is 0 Å². The fourth-order valence-electron chi connectivity index (χ4n) is 4.87. The average molecular weight is 1900 g/mol. The molecule has 0 amide bonds. The van der Waals surface area contributed by atoms with Crippen LogP contribution in [0, 0.1) is 0 Å². The third-order valence-corrected chi connectivity index (χ3v) is 31.3. The van der Waals surface area contributed by atoms with Gasteiger partial charge in [0, 0.05) is 53.7 Å². The second kappa shape index (κ2) is 17.4. The Morgan fingerprint density at radius 3 is 0.356 bits per heavy atom. The molecule has 45 heavy (non-hydrogen) atoms. The Kier molecular flexibility index (Phi) is 17.1. The van der Waals surface area contributed by atoms with Gasteiger partial charge < -0.3 is 0 Å². The predicted octanol–water partition coefficient (Wildman–Crippen LogP) is 18.3. The lowest BCUT2D eigenvalue weighted by Crippen LogP contribution is -2.77. The van der Waals surface area contributed by atoms with Gasteiger partial charge in [-0.1, -0.05) is 127 Å². The van der Waals surface area contributed by atoms with Crippen molar-refractivity contribution in [2.24, 2.45) is 0 Å². The van der Waals surface area contributed by atoms with E-state index in [4.69, 9.17) is 0 Å². The Balaban J connectivity index is 2.69. The molecule has 0 radical (unpaired) electrons. The molecule has 0 atom stereocenters. The van der Waals surface area contributed by atoms with Crippen LogP contribution in [0.2, 0.25) is 0 Å². The Hall–Kier alpha value is 6.54. The van der Waals surface area contributed by atoms with Gasteiger partial charge in [-0.2, -0.15) is 21.9 Å². The van der Waals surface area contributed by atoms with Crippen molar-refractivity contribution in [1.82, 2.24) is 0 Å². The van der Waals surface area contributed by atoms with Gasteiger partial charge in [0.1, 0.15) is 6.15 Å². The van der Waals surface area contributed by atoms with Crippen molar-refractivity contribution in [3.8, 4) is 0 Å². The predicted molar refractivity (Wildman–Crippen MR) is 264 cm³/mol. The molecule has 0 unspecified atom stereocenters. The molecule has 0 aliphatic carbocycles. The van der Waals surface area contributed by atoms with E-state index in [0.29, 0.717) is 0 Å². The van der Waals surface area contributed by atoms with E-state index in [1.807, 2.05) is 0 Å². The van der Waals surface area contributed by atoms with Gasteiger partial charge in [-0.25, -0.2) is 0 Å². The van der Waals surface area contributed by atoms with Gasteiger partial charge in [-0.15, -0.1) is 0 Å². The molecule has 4 rings (SSSR count). The highest BCUT2D eigenvalue weighted by atomic mass is 79.9. The van der Waals surface area contributed by atoms with Crippen molar-refractivity contribution in [2.45, 2.75) is 0 Å². The lowest BCUT2D eigenvalue weighted by Gasteiger charge is -2.50. The van der Waals surface area contributed by atoms with E-state index in [1.54, 1.807) is 0 Å². The third-order valence-electron chi connectivity index (χ3n) is 6.71. The fourth-order valence-corrected chi connectivity index (χ4v) is 19.9. The van der Waals surface area contributed by atoms with Gasteiger partial charge in [0.25, 0.3) is 0 Å². The van der Waals surface area contributed by atoms with E-state index in [9.17, 15) is 0 Å². The normalized spacial score (nSPS) is 12.0. The standard InChI is InChI=1S/C24BBr20/c26-5-1(6(27)14(35)21(42)13(5)34)25(2-7(28)15(36)22(43)16(37)8(2)29,3-9(30)17(38)23(44)18(39)10(3)31)4-11(32)19(40)24(45)20(41)12(4)33/q-1. The summed E-state index contributed by atoms with van der Waals surface area (Å²) in [7, 11) is 0. The number of hydrogen-bond acceptors (Lipinski definition) is 0. The first kappa shape index (κ1) is 44.3. The maximum atomic E-state index is 4.04. The molecule has 0 aromatic heterocycles. The minimum Gasteiger partial charge on any atom is -0.165 e. The highest BCUT2D eigenvalue weighted by Gasteiger charge is 2.46. The molecule has 0 spiro atoms. The summed E-state index contributed by atoms with van der Waals surface area (Å²) in [6.45, 7) is 0. The van der Waals surface area contributed by atoms with Crippen LogP contribution in [0.5, 0.6) is 0 Å². The topological polar surface area (TPSA) is 0 Å². The summed E-state index contributed by atoms with van der Waals surface area (Å²) in [6, 6.07) is 0. The molecule has 0 fully saturated rings. The van der Waals surface area contributed by atoms with Crippen LogP contribution >= 0.6 is 319 Å². The zero-order valence-corrected chi connectivity index (χ0v) is 51.9. The van der Waals surface area contributed by atoms with Crippen LogP contribution in [-0.2, 0) is 0 Å².